The molecule has 2 saturated heterocycles. The Morgan fingerprint density at radius 3 is 2.31 bits per heavy atom. The van der Waals surface area contributed by atoms with Gasteiger partial charge in [0.1, 0.15) is 23.7 Å². The standard InChI is InChI=1S/C22H28F2N6O2/c1-32-18-5-3-2-4-17(18)27-21(31)15-28-10-12-30(13-11-28)20-14-19(25-16-26-20)29-8-6-22(23,24)7-9-29/h2-5,14,16H,6-13,15H2,1H3,(H,27,31). The van der Waals surface area contributed by atoms with Crippen LogP contribution in [0.1, 0.15) is 12.8 Å². The predicted octanol–water partition coefficient (Wildman–Crippen LogP) is 2.48. The van der Waals surface area contributed by atoms with E-state index in [1.807, 2.05) is 29.2 Å². The highest BCUT2D eigenvalue weighted by Crippen LogP contribution is 2.30. The Kier molecular flexibility index (Phi) is 6.69. The SMILES string of the molecule is COc1ccccc1NC(=O)CN1CCN(c2cc(N3CCC(F)(F)CC3)ncn2)CC1. The molecule has 3 heterocycles. The summed E-state index contributed by atoms with van der Waals surface area (Å²) in [5, 5.41) is 2.90. The molecule has 2 aliphatic rings. The molecule has 2 aromatic rings. The number of hydrogen-bond acceptors (Lipinski definition) is 7. The van der Waals surface area contributed by atoms with Crippen LogP contribution in [0.5, 0.6) is 5.75 Å². The number of anilines is 3. The molecular formula is C22H28F2N6O2. The van der Waals surface area contributed by atoms with E-state index >= 15 is 0 Å². The zero-order valence-corrected chi connectivity index (χ0v) is 18.1. The number of rotatable bonds is 6. The van der Waals surface area contributed by atoms with Gasteiger partial charge in [-0.2, -0.15) is 0 Å². The van der Waals surface area contributed by atoms with E-state index in [2.05, 4.69) is 25.1 Å². The van der Waals surface area contributed by atoms with Crippen LogP contribution < -0.4 is 19.9 Å². The number of hydrogen-bond donors (Lipinski definition) is 1. The summed E-state index contributed by atoms with van der Waals surface area (Å²) in [6.45, 7) is 3.75. The quantitative estimate of drug-likeness (QED) is 0.731. The van der Waals surface area contributed by atoms with E-state index in [1.165, 1.54) is 6.33 Å². The van der Waals surface area contributed by atoms with Crippen LogP contribution in [0.2, 0.25) is 0 Å². The Labute approximate surface area is 186 Å². The van der Waals surface area contributed by atoms with Crippen LogP contribution in [-0.4, -0.2) is 79.6 Å². The molecule has 1 N–H and O–H groups in total. The highest BCUT2D eigenvalue weighted by atomic mass is 19.3. The molecule has 0 radical (unpaired) electrons. The molecule has 2 fully saturated rings. The van der Waals surface area contributed by atoms with E-state index in [1.54, 1.807) is 13.2 Å². The molecule has 0 saturated carbocycles. The summed E-state index contributed by atoms with van der Waals surface area (Å²) in [7, 11) is 1.57. The summed E-state index contributed by atoms with van der Waals surface area (Å²) in [6.07, 6.45) is 1.19. The first-order valence-corrected chi connectivity index (χ1v) is 10.8. The number of nitrogens with zero attached hydrogens (tertiary/aromatic N) is 5. The third kappa shape index (κ3) is 5.42. The molecule has 0 unspecified atom stereocenters. The number of ether oxygens (including phenoxy) is 1. The van der Waals surface area contributed by atoms with Crippen molar-refractivity contribution in [2.24, 2.45) is 0 Å². The van der Waals surface area contributed by atoms with Gasteiger partial charge in [0.2, 0.25) is 5.91 Å². The Balaban J connectivity index is 1.29. The number of aromatic nitrogens is 2. The maximum Gasteiger partial charge on any atom is 0.251 e. The zero-order chi connectivity index (χ0) is 22.6. The molecule has 1 aromatic carbocycles. The first-order chi connectivity index (χ1) is 15.4. The molecule has 32 heavy (non-hydrogen) atoms. The summed E-state index contributed by atoms with van der Waals surface area (Å²) >= 11 is 0. The molecule has 2 aliphatic heterocycles. The lowest BCUT2D eigenvalue weighted by Crippen LogP contribution is -2.49. The van der Waals surface area contributed by atoms with E-state index in [9.17, 15) is 13.6 Å². The van der Waals surface area contributed by atoms with Gasteiger partial charge in [0.05, 0.1) is 19.3 Å². The van der Waals surface area contributed by atoms with Gasteiger partial charge in [-0.25, -0.2) is 18.7 Å². The minimum absolute atomic E-state index is 0.0887. The number of amides is 1. The Morgan fingerprint density at radius 1 is 1.03 bits per heavy atom. The van der Waals surface area contributed by atoms with E-state index in [0.717, 1.165) is 18.9 Å². The number of piperazine rings is 1. The smallest absolute Gasteiger partial charge is 0.251 e. The van der Waals surface area contributed by atoms with Crippen molar-refractivity contribution in [2.45, 2.75) is 18.8 Å². The largest absolute Gasteiger partial charge is 0.495 e. The second kappa shape index (κ2) is 9.64. The topological polar surface area (TPSA) is 73.8 Å². The minimum atomic E-state index is -2.58. The van der Waals surface area contributed by atoms with Crippen LogP contribution in [0.15, 0.2) is 36.7 Å². The van der Waals surface area contributed by atoms with Gasteiger partial charge >= 0.3 is 0 Å². The monoisotopic (exact) mass is 446 g/mol. The summed E-state index contributed by atoms with van der Waals surface area (Å²) < 4.78 is 32.2. The number of methoxy groups -OCH3 is 1. The third-order valence-electron chi connectivity index (χ3n) is 5.90. The molecule has 4 rings (SSSR count). The van der Waals surface area contributed by atoms with E-state index in [-0.39, 0.29) is 18.7 Å². The number of halogens is 2. The summed E-state index contributed by atoms with van der Waals surface area (Å²) in [6, 6.07) is 9.19. The second-order valence-corrected chi connectivity index (χ2v) is 8.09. The second-order valence-electron chi connectivity index (χ2n) is 8.09. The van der Waals surface area contributed by atoms with E-state index in [4.69, 9.17) is 4.74 Å². The number of nitrogens with one attached hydrogen (secondary N) is 1. The number of benzene rings is 1. The van der Waals surface area contributed by atoms with Gasteiger partial charge in [-0.1, -0.05) is 12.1 Å². The number of alkyl halides is 2. The highest BCUT2D eigenvalue weighted by Gasteiger charge is 2.34. The fraction of sp³-hybridized carbons (Fsp3) is 0.500. The lowest BCUT2D eigenvalue weighted by Gasteiger charge is -2.36. The summed E-state index contributed by atoms with van der Waals surface area (Å²) in [5.41, 5.74) is 0.655. The first kappa shape index (κ1) is 22.2. The van der Waals surface area contributed by atoms with Gasteiger partial charge in [0, 0.05) is 58.2 Å². The fourth-order valence-electron chi connectivity index (χ4n) is 4.02. The van der Waals surface area contributed by atoms with Gasteiger partial charge in [0.25, 0.3) is 5.92 Å². The van der Waals surface area contributed by atoms with Gasteiger partial charge < -0.3 is 19.9 Å². The van der Waals surface area contributed by atoms with Crippen molar-refractivity contribution in [1.29, 1.82) is 0 Å². The van der Waals surface area contributed by atoms with Crippen molar-refractivity contribution >= 4 is 23.2 Å². The Hall–Kier alpha value is -3.01. The van der Waals surface area contributed by atoms with Gasteiger partial charge in [-0.3, -0.25) is 9.69 Å². The molecule has 0 aliphatic carbocycles. The van der Waals surface area contributed by atoms with Crippen molar-refractivity contribution in [2.75, 3.05) is 68.0 Å². The zero-order valence-electron chi connectivity index (χ0n) is 18.1. The molecule has 1 amide bonds. The molecule has 8 nitrogen and oxygen atoms in total. The van der Waals surface area contributed by atoms with Crippen LogP contribution in [0.4, 0.5) is 26.1 Å². The molecular weight excluding hydrogens is 418 g/mol. The summed E-state index contributed by atoms with van der Waals surface area (Å²) in [5.74, 6) is -0.577. The van der Waals surface area contributed by atoms with Crippen molar-refractivity contribution in [3.63, 3.8) is 0 Å². The first-order valence-electron chi connectivity index (χ1n) is 10.8. The average Bonchev–Trinajstić information content (AvgIpc) is 2.80. The van der Waals surface area contributed by atoms with Gasteiger partial charge in [-0.05, 0) is 12.1 Å². The van der Waals surface area contributed by atoms with Gasteiger partial charge in [0.15, 0.2) is 0 Å². The minimum Gasteiger partial charge on any atom is -0.495 e. The molecule has 0 spiro atoms. The molecule has 10 heteroatoms. The van der Waals surface area contributed by atoms with Crippen molar-refractivity contribution in [3.05, 3.63) is 36.7 Å². The van der Waals surface area contributed by atoms with Crippen molar-refractivity contribution in [3.8, 4) is 5.75 Å². The van der Waals surface area contributed by atoms with Crippen LogP contribution in [0.3, 0.4) is 0 Å². The summed E-state index contributed by atoms with van der Waals surface area (Å²) in [4.78, 5) is 27.2. The van der Waals surface area contributed by atoms with E-state index < -0.39 is 5.92 Å². The normalized spacial score (nSPS) is 19.0. The molecule has 1 aromatic heterocycles. The van der Waals surface area contributed by atoms with Crippen LogP contribution >= 0.6 is 0 Å². The number of carbonyl (C=O) groups is 1. The van der Waals surface area contributed by atoms with Crippen LogP contribution in [-0.2, 0) is 4.79 Å². The van der Waals surface area contributed by atoms with Crippen LogP contribution in [0.25, 0.3) is 0 Å². The number of carbonyl (C=O) groups excluding carboxylic acids is 1. The molecule has 0 bridgehead atoms. The third-order valence-corrected chi connectivity index (χ3v) is 5.90. The van der Waals surface area contributed by atoms with Crippen LogP contribution in [0, 0.1) is 0 Å². The predicted molar refractivity (Wildman–Crippen MR) is 119 cm³/mol. The lowest BCUT2D eigenvalue weighted by atomic mass is 10.1. The highest BCUT2D eigenvalue weighted by molar-refractivity contribution is 5.93. The lowest BCUT2D eigenvalue weighted by molar-refractivity contribution is -0.117. The van der Waals surface area contributed by atoms with Crippen molar-refractivity contribution < 1.29 is 18.3 Å². The Bertz CT molecular complexity index is 926. The molecule has 172 valence electrons. The van der Waals surface area contributed by atoms with Gasteiger partial charge in [-0.15, -0.1) is 0 Å². The number of piperidine rings is 1. The average molecular weight is 447 g/mol. The van der Waals surface area contributed by atoms with Crippen molar-refractivity contribution in [1.82, 2.24) is 14.9 Å². The van der Waals surface area contributed by atoms with E-state index in [0.29, 0.717) is 50.0 Å². The maximum atomic E-state index is 13.4. The Morgan fingerprint density at radius 2 is 1.66 bits per heavy atom. The molecule has 0 atom stereocenters. The maximum absolute atomic E-state index is 13.4. The fourth-order valence-corrected chi connectivity index (χ4v) is 4.02. The number of para-hydroxylation sites is 2.